The third-order valence-electron chi connectivity index (χ3n) is 2.74. The number of benzene rings is 1. The molecule has 1 amide bonds. The molecule has 1 aromatic carbocycles. The first-order valence-corrected chi connectivity index (χ1v) is 7.01. The molecule has 0 spiro atoms. The van der Waals surface area contributed by atoms with Gasteiger partial charge in [0.05, 0.1) is 0 Å². The standard InChI is InChI=1S/C15H24N4O/c1-3-10-17-15(16-2)18-11-9-14(20)19-12-13-7-5-4-6-8-13/h4-8H,3,9-12H2,1-2H3,(H,19,20)(H2,16,17,18). The van der Waals surface area contributed by atoms with Gasteiger partial charge in [-0.25, -0.2) is 0 Å². The molecule has 20 heavy (non-hydrogen) atoms. The molecule has 0 atom stereocenters. The molecule has 0 aromatic heterocycles. The highest BCUT2D eigenvalue weighted by atomic mass is 16.1. The van der Waals surface area contributed by atoms with E-state index in [1.807, 2.05) is 30.3 Å². The van der Waals surface area contributed by atoms with Gasteiger partial charge in [0.15, 0.2) is 5.96 Å². The van der Waals surface area contributed by atoms with Crippen LogP contribution in [0.2, 0.25) is 0 Å². The predicted molar refractivity (Wildman–Crippen MR) is 82.6 cm³/mol. The number of amides is 1. The Kier molecular flexibility index (Phi) is 7.87. The molecule has 0 saturated carbocycles. The molecule has 3 N–H and O–H groups in total. The van der Waals surface area contributed by atoms with E-state index in [4.69, 9.17) is 0 Å². The fourth-order valence-corrected chi connectivity index (χ4v) is 1.64. The molecule has 0 bridgehead atoms. The minimum absolute atomic E-state index is 0.0345. The summed E-state index contributed by atoms with van der Waals surface area (Å²) in [5, 5.41) is 9.16. The molecule has 0 fully saturated rings. The van der Waals surface area contributed by atoms with Crippen LogP contribution in [-0.2, 0) is 11.3 Å². The van der Waals surface area contributed by atoms with Crippen LogP contribution in [0.25, 0.3) is 0 Å². The zero-order chi connectivity index (χ0) is 14.6. The quantitative estimate of drug-likeness (QED) is 0.519. The summed E-state index contributed by atoms with van der Waals surface area (Å²) < 4.78 is 0. The number of carbonyl (C=O) groups is 1. The van der Waals surface area contributed by atoms with Crippen molar-refractivity contribution >= 4 is 11.9 Å². The summed E-state index contributed by atoms with van der Waals surface area (Å²) in [7, 11) is 1.72. The molecule has 0 aliphatic heterocycles. The molecule has 1 aromatic rings. The van der Waals surface area contributed by atoms with Gasteiger partial charge in [0, 0.05) is 33.1 Å². The van der Waals surface area contributed by atoms with Crippen molar-refractivity contribution in [3.63, 3.8) is 0 Å². The number of hydrogen-bond donors (Lipinski definition) is 3. The summed E-state index contributed by atoms with van der Waals surface area (Å²) in [5.74, 6) is 0.773. The van der Waals surface area contributed by atoms with Gasteiger partial charge >= 0.3 is 0 Å². The topological polar surface area (TPSA) is 65.5 Å². The van der Waals surface area contributed by atoms with Gasteiger partial charge in [0.2, 0.25) is 5.91 Å². The lowest BCUT2D eigenvalue weighted by atomic mass is 10.2. The van der Waals surface area contributed by atoms with E-state index in [0.29, 0.717) is 19.5 Å². The Labute approximate surface area is 120 Å². The second-order valence-electron chi connectivity index (χ2n) is 4.44. The van der Waals surface area contributed by atoms with Gasteiger partial charge in [-0.1, -0.05) is 37.3 Å². The first-order valence-electron chi connectivity index (χ1n) is 7.01. The molecular formula is C15H24N4O. The lowest BCUT2D eigenvalue weighted by molar-refractivity contribution is -0.121. The molecule has 0 aliphatic rings. The molecule has 5 heteroatoms. The van der Waals surface area contributed by atoms with Gasteiger partial charge in [-0.15, -0.1) is 0 Å². The number of aliphatic imine (C=N–C) groups is 1. The fourth-order valence-electron chi connectivity index (χ4n) is 1.64. The number of hydrogen-bond acceptors (Lipinski definition) is 2. The Morgan fingerprint density at radius 3 is 2.45 bits per heavy atom. The molecule has 0 aliphatic carbocycles. The molecule has 0 unspecified atom stereocenters. The van der Waals surface area contributed by atoms with E-state index in [2.05, 4.69) is 27.9 Å². The van der Waals surface area contributed by atoms with Crippen LogP contribution in [0.4, 0.5) is 0 Å². The summed E-state index contributed by atoms with van der Waals surface area (Å²) in [4.78, 5) is 15.8. The van der Waals surface area contributed by atoms with Crippen molar-refractivity contribution in [3.05, 3.63) is 35.9 Å². The molecule has 5 nitrogen and oxygen atoms in total. The fraction of sp³-hybridized carbons (Fsp3) is 0.467. The average molecular weight is 276 g/mol. The second-order valence-corrected chi connectivity index (χ2v) is 4.44. The smallest absolute Gasteiger partial charge is 0.222 e. The molecule has 0 radical (unpaired) electrons. The van der Waals surface area contributed by atoms with Crippen molar-refractivity contribution in [2.45, 2.75) is 26.3 Å². The van der Waals surface area contributed by atoms with Crippen molar-refractivity contribution in [3.8, 4) is 0 Å². The molecular weight excluding hydrogens is 252 g/mol. The summed E-state index contributed by atoms with van der Waals surface area (Å²) in [6.45, 7) is 4.11. The van der Waals surface area contributed by atoms with Gasteiger partial charge in [-0.2, -0.15) is 0 Å². The maximum Gasteiger partial charge on any atom is 0.222 e. The van der Waals surface area contributed by atoms with E-state index in [1.165, 1.54) is 0 Å². The largest absolute Gasteiger partial charge is 0.356 e. The minimum Gasteiger partial charge on any atom is -0.356 e. The summed E-state index contributed by atoms with van der Waals surface area (Å²) in [5.41, 5.74) is 1.11. The number of nitrogens with one attached hydrogen (secondary N) is 3. The molecule has 0 saturated heterocycles. The second kappa shape index (κ2) is 9.83. The predicted octanol–water partition coefficient (Wildman–Crippen LogP) is 1.27. The highest BCUT2D eigenvalue weighted by Gasteiger charge is 2.02. The molecule has 110 valence electrons. The van der Waals surface area contributed by atoms with Crippen molar-refractivity contribution < 1.29 is 4.79 Å². The van der Waals surface area contributed by atoms with E-state index < -0.39 is 0 Å². The Balaban J connectivity index is 2.17. The average Bonchev–Trinajstić information content (AvgIpc) is 2.49. The lowest BCUT2D eigenvalue weighted by Crippen LogP contribution is -2.39. The molecule has 1 rings (SSSR count). The van der Waals surface area contributed by atoms with Gasteiger partial charge < -0.3 is 16.0 Å². The van der Waals surface area contributed by atoms with Gasteiger partial charge in [0.25, 0.3) is 0 Å². The van der Waals surface area contributed by atoms with Crippen LogP contribution < -0.4 is 16.0 Å². The van der Waals surface area contributed by atoms with Crippen molar-refractivity contribution in [2.24, 2.45) is 4.99 Å². The highest BCUT2D eigenvalue weighted by Crippen LogP contribution is 1.97. The number of nitrogens with zero attached hydrogens (tertiary/aromatic N) is 1. The minimum atomic E-state index is 0.0345. The van der Waals surface area contributed by atoms with Crippen molar-refractivity contribution in [2.75, 3.05) is 20.1 Å². The SMILES string of the molecule is CCCNC(=NC)NCCC(=O)NCc1ccccc1. The van der Waals surface area contributed by atoms with Crippen LogP contribution in [-0.4, -0.2) is 32.0 Å². The van der Waals surface area contributed by atoms with Gasteiger partial charge in [-0.05, 0) is 12.0 Å². The maximum absolute atomic E-state index is 11.7. The zero-order valence-electron chi connectivity index (χ0n) is 12.3. The van der Waals surface area contributed by atoms with Crippen LogP contribution in [0.3, 0.4) is 0 Å². The lowest BCUT2D eigenvalue weighted by Gasteiger charge is -2.11. The Hall–Kier alpha value is -2.04. The Morgan fingerprint density at radius 1 is 1.10 bits per heavy atom. The Bertz CT molecular complexity index is 417. The zero-order valence-corrected chi connectivity index (χ0v) is 12.3. The van der Waals surface area contributed by atoms with E-state index in [1.54, 1.807) is 7.05 Å². The third-order valence-corrected chi connectivity index (χ3v) is 2.74. The third kappa shape index (κ3) is 6.78. The first kappa shape index (κ1) is 16.0. The summed E-state index contributed by atoms with van der Waals surface area (Å²) >= 11 is 0. The Morgan fingerprint density at radius 2 is 1.80 bits per heavy atom. The number of carbonyl (C=O) groups excluding carboxylic acids is 1. The summed E-state index contributed by atoms with van der Waals surface area (Å²) in [6, 6.07) is 9.88. The monoisotopic (exact) mass is 276 g/mol. The highest BCUT2D eigenvalue weighted by molar-refractivity contribution is 5.81. The van der Waals surface area contributed by atoms with Gasteiger partial charge in [-0.3, -0.25) is 9.79 Å². The van der Waals surface area contributed by atoms with Crippen molar-refractivity contribution in [1.82, 2.24) is 16.0 Å². The van der Waals surface area contributed by atoms with E-state index in [9.17, 15) is 4.79 Å². The van der Waals surface area contributed by atoms with Crippen LogP contribution in [0.1, 0.15) is 25.3 Å². The van der Waals surface area contributed by atoms with Crippen molar-refractivity contribution in [1.29, 1.82) is 0 Å². The molecule has 0 heterocycles. The van der Waals surface area contributed by atoms with Crippen LogP contribution in [0.15, 0.2) is 35.3 Å². The van der Waals surface area contributed by atoms with Crippen LogP contribution >= 0.6 is 0 Å². The first-order chi connectivity index (χ1) is 9.76. The maximum atomic E-state index is 11.7. The summed E-state index contributed by atoms with van der Waals surface area (Å²) in [6.07, 6.45) is 1.47. The van der Waals surface area contributed by atoms with E-state index in [0.717, 1.165) is 24.5 Å². The van der Waals surface area contributed by atoms with E-state index >= 15 is 0 Å². The van der Waals surface area contributed by atoms with Crippen LogP contribution in [0.5, 0.6) is 0 Å². The van der Waals surface area contributed by atoms with Crippen LogP contribution in [0, 0.1) is 0 Å². The normalized spacial score (nSPS) is 11.0. The van der Waals surface area contributed by atoms with Gasteiger partial charge in [0.1, 0.15) is 0 Å². The number of guanidine groups is 1. The van der Waals surface area contributed by atoms with E-state index in [-0.39, 0.29) is 5.91 Å². The number of rotatable bonds is 7.